The van der Waals surface area contributed by atoms with E-state index in [-0.39, 0.29) is 5.56 Å². The highest BCUT2D eigenvalue weighted by molar-refractivity contribution is 5.63. The van der Waals surface area contributed by atoms with Crippen molar-refractivity contribution in [1.82, 2.24) is 4.57 Å². The molecule has 0 unspecified atom stereocenters. The lowest BCUT2D eigenvalue weighted by Gasteiger charge is -2.09. The molecule has 0 saturated heterocycles. The second-order valence-corrected chi connectivity index (χ2v) is 5.06. The minimum atomic E-state index is -0.0266. The number of nitrogens with zero attached hydrogens (tertiary/aromatic N) is 2. The lowest BCUT2D eigenvalue weighted by Crippen LogP contribution is -2.19. The summed E-state index contributed by atoms with van der Waals surface area (Å²) in [7, 11) is 0. The van der Waals surface area contributed by atoms with Crippen molar-refractivity contribution in [3.63, 3.8) is 0 Å². The van der Waals surface area contributed by atoms with Crippen LogP contribution in [0.1, 0.15) is 11.1 Å². The average molecular weight is 286 g/mol. The number of pyridine rings is 1. The molecule has 0 bridgehead atoms. The first kappa shape index (κ1) is 13.8. The Balaban J connectivity index is 1.95. The van der Waals surface area contributed by atoms with Crippen LogP contribution >= 0.6 is 0 Å². The van der Waals surface area contributed by atoms with Crippen LogP contribution in [0.3, 0.4) is 0 Å². The Morgan fingerprint density at radius 2 is 1.55 bits per heavy atom. The van der Waals surface area contributed by atoms with Crippen molar-refractivity contribution in [3.8, 4) is 17.2 Å². The van der Waals surface area contributed by atoms with Gasteiger partial charge in [-0.1, -0.05) is 42.5 Å². The van der Waals surface area contributed by atoms with Crippen molar-refractivity contribution in [2.75, 3.05) is 0 Å². The third-order valence-corrected chi connectivity index (χ3v) is 3.53. The SMILES string of the molecule is N#Cc1ccc(-c2ccc(=O)n(Cc3ccccc3)c2)cc1. The van der Waals surface area contributed by atoms with Gasteiger partial charge in [-0.05, 0) is 34.9 Å². The maximum absolute atomic E-state index is 12.0. The van der Waals surface area contributed by atoms with Crippen LogP contribution in [-0.4, -0.2) is 4.57 Å². The number of nitriles is 1. The maximum atomic E-state index is 12.0. The molecule has 0 saturated carbocycles. The molecule has 0 amide bonds. The average Bonchev–Trinajstić information content (AvgIpc) is 2.58. The zero-order valence-corrected chi connectivity index (χ0v) is 11.9. The number of aromatic nitrogens is 1. The standard InChI is InChI=1S/C19H14N2O/c20-12-15-6-8-17(9-7-15)18-10-11-19(22)21(14-18)13-16-4-2-1-3-5-16/h1-11,14H,13H2. The van der Waals surface area contributed by atoms with Crippen molar-refractivity contribution in [2.45, 2.75) is 6.54 Å². The smallest absolute Gasteiger partial charge is 0.250 e. The first-order valence-electron chi connectivity index (χ1n) is 7.01. The van der Waals surface area contributed by atoms with Crippen LogP contribution in [-0.2, 0) is 6.54 Å². The Hall–Kier alpha value is -3.12. The van der Waals surface area contributed by atoms with E-state index >= 15 is 0 Å². The summed E-state index contributed by atoms with van der Waals surface area (Å²) in [5, 5.41) is 8.85. The Morgan fingerprint density at radius 3 is 2.23 bits per heavy atom. The van der Waals surface area contributed by atoms with Gasteiger partial charge < -0.3 is 4.57 Å². The Labute approximate surface area is 128 Å². The molecular weight excluding hydrogens is 272 g/mol. The quantitative estimate of drug-likeness (QED) is 0.740. The van der Waals surface area contributed by atoms with Gasteiger partial charge in [0.2, 0.25) is 0 Å². The van der Waals surface area contributed by atoms with Gasteiger partial charge in [0.05, 0.1) is 18.2 Å². The molecule has 0 N–H and O–H groups in total. The molecule has 3 rings (SSSR count). The normalized spacial score (nSPS) is 10.1. The molecule has 1 heterocycles. The fourth-order valence-corrected chi connectivity index (χ4v) is 2.34. The summed E-state index contributed by atoms with van der Waals surface area (Å²) in [4.78, 5) is 12.0. The molecule has 3 aromatic rings. The van der Waals surface area contributed by atoms with E-state index in [9.17, 15) is 4.79 Å². The summed E-state index contributed by atoms with van der Waals surface area (Å²) < 4.78 is 1.70. The van der Waals surface area contributed by atoms with Crippen LogP contribution < -0.4 is 5.56 Å². The summed E-state index contributed by atoms with van der Waals surface area (Å²) in [6.07, 6.45) is 1.86. The van der Waals surface area contributed by atoms with E-state index in [0.717, 1.165) is 16.7 Å². The summed E-state index contributed by atoms with van der Waals surface area (Å²) >= 11 is 0. The van der Waals surface area contributed by atoms with Gasteiger partial charge in [0.1, 0.15) is 0 Å². The lowest BCUT2D eigenvalue weighted by atomic mass is 10.1. The van der Waals surface area contributed by atoms with E-state index in [2.05, 4.69) is 6.07 Å². The van der Waals surface area contributed by atoms with Gasteiger partial charge >= 0.3 is 0 Å². The first-order chi connectivity index (χ1) is 10.8. The van der Waals surface area contributed by atoms with Crippen LogP contribution in [0.15, 0.2) is 77.7 Å². The molecule has 3 nitrogen and oxygen atoms in total. The lowest BCUT2D eigenvalue weighted by molar-refractivity contribution is 0.761. The first-order valence-corrected chi connectivity index (χ1v) is 7.01. The maximum Gasteiger partial charge on any atom is 0.250 e. The molecule has 3 heteroatoms. The van der Waals surface area contributed by atoms with E-state index in [1.807, 2.05) is 54.7 Å². The molecule has 2 aromatic carbocycles. The van der Waals surface area contributed by atoms with Gasteiger partial charge in [0, 0.05) is 12.3 Å². The van der Waals surface area contributed by atoms with Crippen LogP contribution in [0, 0.1) is 11.3 Å². The molecule has 22 heavy (non-hydrogen) atoms. The van der Waals surface area contributed by atoms with Gasteiger partial charge in [-0.25, -0.2) is 0 Å². The number of rotatable bonds is 3. The van der Waals surface area contributed by atoms with Crippen LogP contribution in [0.5, 0.6) is 0 Å². The summed E-state index contributed by atoms with van der Waals surface area (Å²) in [6.45, 7) is 0.545. The summed E-state index contributed by atoms with van der Waals surface area (Å²) in [5.41, 5.74) is 3.63. The van der Waals surface area contributed by atoms with Gasteiger partial charge in [-0.2, -0.15) is 5.26 Å². The molecule has 0 spiro atoms. The van der Waals surface area contributed by atoms with E-state index in [4.69, 9.17) is 5.26 Å². The topological polar surface area (TPSA) is 45.8 Å². The van der Waals surface area contributed by atoms with Gasteiger partial charge in [-0.3, -0.25) is 4.79 Å². The number of hydrogen-bond donors (Lipinski definition) is 0. The minimum Gasteiger partial charge on any atom is -0.310 e. The van der Waals surface area contributed by atoms with Crippen molar-refractivity contribution < 1.29 is 0 Å². The molecular formula is C19H14N2O. The monoisotopic (exact) mass is 286 g/mol. The fourth-order valence-electron chi connectivity index (χ4n) is 2.34. The molecule has 0 aliphatic heterocycles. The highest BCUT2D eigenvalue weighted by Gasteiger charge is 2.03. The molecule has 1 aromatic heterocycles. The third kappa shape index (κ3) is 2.97. The Morgan fingerprint density at radius 1 is 0.864 bits per heavy atom. The van der Waals surface area contributed by atoms with E-state index in [0.29, 0.717) is 12.1 Å². The van der Waals surface area contributed by atoms with E-state index < -0.39 is 0 Å². The largest absolute Gasteiger partial charge is 0.310 e. The zero-order chi connectivity index (χ0) is 15.4. The zero-order valence-electron chi connectivity index (χ0n) is 11.9. The van der Waals surface area contributed by atoms with Gasteiger partial charge in [-0.15, -0.1) is 0 Å². The second-order valence-electron chi connectivity index (χ2n) is 5.06. The van der Waals surface area contributed by atoms with Gasteiger partial charge in [0.25, 0.3) is 5.56 Å². The predicted octanol–water partition coefficient (Wildman–Crippen LogP) is 3.44. The molecule has 0 fully saturated rings. The van der Waals surface area contributed by atoms with E-state index in [1.165, 1.54) is 0 Å². The van der Waals surface area contributed by atoms with Crippen LogP contribution in [0.4, 0.5) is 0 Å². The van der Waals surface area contributed by atoms with Crippen molar-refractivity contribution >= 4 is 0 Å². The molecule has 0 atom stereocenters. The van der Waals surface area contributed by atoms with Crippen molar-refractivity contribution in [3.05, 3.63) is 94.4 Å². The minimum absolute atomic E-state index is 0.0266. The predicted molar refractivity (Wildman–Crippen MR) is 86.4 cm³/mol. The van der Waals surface area contributed by atoms with E-state index in [1.54, 1.807) is 22.8 Å². The molecule has 106 valence electrons. The highest BCUT2D eigenvalue weighted by Crippen LogP contribution is 2.18. The Bertz CT molecular complexity index is 872. The second kappa shape index (κ2) is 6.11. The summed E-state index contributed by atoms with van der Waals surface area (Å²) in [6, 6.07) is 22.7. The van der Waals surface area contributed by atoms with Crippen molar-refractivity contribution in [2.24, 2.45) is 0 Å². The van der Waals surface area contributed by atoms with Crippen LogP contribution in [0.2, 0.25) is 0 Å². The number of benzene rings is 2. The molecule has 0 aliphatic carbocycles. The van der Waals surface area contributed by atoms with Gasteiger partial charge in [0.15, 0.2) is 0 Å². The van der Waals surface area contributed by atoms with Crippen molar-refractivity contribution in [1.29, 1.82) is 5.26 Å². The Kier molecular flexibility index (Phi) is 3.84. The summed E-state index contributed by atoms with van der Waals surface area (Å²) in [5.74, 6) is 0. The fraction of sp³-hybridized carbons (Fsp3) is 0.0526. The molecule has 0 aliphatic rings. The highest BCUT2D eigenvalue weighted by atomic mass is 16.1. The number of hydrogen-bond acceptors (Lipinski definition) is 2. The third-order valence-electron chi connectivity index (χ3n) is 3.53. The molecule has 0 radical (unpaired) electrons. The van der Waals surface area contributed by atoms with Crippen LogP contribution in [0.25, 0.3) is 11.1 Å².